The van der Waals surface area contributed by atoms with E-state index in [-0.39, 0.29) is 18.0 Å². The molecule has 56 valence electrons. The van der Waals surface area contributed by atoms with Crippen LogP contribution in [0.5, 0.6) is 0 Å². The Hall–Kier alpha value is -0.570. The van der Waals surface area contributed by atoms with E-state index in [0.717, 1.165) is 13.0 Å². The summed E-state index contributed by atoms with van der Waals surface area (Å²) in [5.41, 5.74) is 0. The van der Waals surface area contributed by atoms with Gasteiger partial charge in [-0.15, -0.1) is 0 Å². The highest BCUT2D eigenvalue weighted by Gasteiger charge is 2.59. The van der Waals surface area contributed by atoms with Crippen LogP contribution in [0.15, 0.2) is 0 Å². The van der Waals surface area contributed by atoms with Gasteiger partial charge in [0, 0.05) is 12.5 Å². The molecule has 0 aromatic rings. The van der Waals surface area contributed by atoms with Crippen LogP contribution in [0.4, 0.5) is 0 Å². The number of hydrogen-bond donors (Lipinski definition) is 0. The Morgan fingerprint density at radius 3 is 3.00 bits per heavy atom. The Morgan fingerprint density at radius 2 is 2.50 bits per heavy atom. The van der Waals surface area contributed by atoms with E-state index in [1.54, 1.807) is 0 Å². The number of ether oxygens (including phenoxy) is 2. The minimum absolute atomic E-state index is 0.0683. The van der Waals surface area contributed by atoms with Gasteiger partial charge in [0.15, 0.2) is 0 Å². The second kappa shape index (κ2) is 1.95. The molecule has 1 aliphatic heterocycles. The fraction of sp³-hybridized carbons (Fsp3) is 0.857. The minimum Gasteiger partial charge on any atom is -0.469 e. The zero-order valence-electron chi connectivity index (χ0n) is 5.87. The average Bonchev–Trinajstić information content (AvgIpc) is 2.43. The van der Waals surface area contributed by atoms with Crippen molar-refractivity contribution in [2.24, 2.45) is 11.8 Å². The maximum atomic E-state index is 10.9. The molecular formula is C7H10O3. The monoisotopic (exact) mass is 142 g/mol. The van der Waals surface area contributed by atoms with Crippen molar-refractivity contribution in [2.75, 3.05) is 13.7 Å². The van der Waals surface area contributed by atoms with Gasteiger partial charge in [-0.05, 0) is 6.42 Å². The molecule has 1 saturated carbocycles. The highest BCUT2D eigenvalue weighted by atomic mass is 16.5. The topological polar surface area (TPSA) is 35.5 Å². The first-order valence-corrected chi connectivity index (χ1v) is 3.54. The molecule has 0 bridgehead atoms. The highest BCUT2D eigenvalue weighted by molar-refractivity contribution is 5.77. The molecule has 1 heterocycles. The number of fused-ring (bicyclic) bond motifs is 1. The molecule has 0 amide bonds. The molecule has 2 rings (SSSR count). The van der Waals surface area contributed by atoms with Crippen molar-refractivity contribution in [3.8, 4) is 0 Å². The Labute approximate surface area is 59.3 Å². The second-order valence-corrected chi connectivity index (χ2v) is 2.84. The van der Waals surface area contributed by atoms with E-state index in [2.05, 4.69) is 4.74 Å². The van der Waals surface area contributed by atoms with Crippen LogP contribution in [0, 0.1) is 11.8 Å². The van der Waals surface area contributed by atoms with Crippen molar-refractivity contribution in [2.45, 2.75) is 12.5 Å². The first-order valence-electron chi connectivity index (χ1n) is 3.54. The third-order valence-electron chi connectivity index (χ3n) is 2.33. The third kappa shape index (κ3) is 0.669. The van der Waals surface area contributed by atoms with Gasteiger partial charge < -0.3 is 9.47 Å². The molecule has 1 saturated heterocycles. The molecule has 0 N–H and O–H groups in total. The second-order valence-electron chi connectivity index (χ2n) is 2.84. The van der Waals surface area contributed by atoms with Gasteiger partial charge in [-0.1, -0.05) is 0 Å². The van der Waals surface area contributed by atoms with Crippen molar-refractivity contribution in [1.82, 2.24) is 0 Å². The normalized spacial score (nSPS) is 42.7. The molecule has 2 aliphatic rings. The summed E-state index contributed by atoms with van der Waals surface area (Å²) in [6, 6.07) is 0. The predicted molar refractivity (Wildman–Crippen MR) is 33.4 cm³/mol. The zero-order chi connectivity index (χ0) is 7.14. The van der Waals surface area contributed by atoms with E-state index in [0.29, 0.717) is 5.92 Å². The molecule has 1 aliphatic carbocycles. The van der Waals surface area contributed by atoms with Crippen LogP contribution in [0.1, 0.15) is 6.42 Å². The van der Waals surface area contributed by atoms with Crippen molar-refractivity contribution in [1.29, 1.82) is 0 Å². The maximum absolute atomic E-state index is 10.9. The first kappa shape index (κ1) is 6.16. The lowest BCUT2D eigenvalue weighted by Gasteiger charge is -1.99. The minimum atomic E-state index is -0.102. The smallest absolute Gasteiger partial charge is 0.311 e. The quantitative estimate of drug-likeness (QED) is 0.490. The summed E-state index contributed by atoms with van der Waals surface area (Å²) >= 11 is 0. The van der Waals surface area contributed by atoms with Crippen molar-refractivity contribution >= 4 is 5.97 Å². The molecule has 3 atom stereocenters. The van der Waals surface area contributed by atoms with Gasteiger partial charge in [-0.3, -0.25) is 4.79 Å². The van der Waals surface area contributed by atoms with Gasteiger partial charge in [0.25, 0.3) is 0 Å². The Morgan fingerprint density at radius 1 is 1.70 bits per heavy atom. The summed E-state index contributed by atoms with van der Waals surface area (Å²) in [4.78, 5) is 10.9. The SMILES string of the molecule is COC(=O)C1C2CCOC21. The van der Waals surface area contributed by atoms with Crippen LogP contribution >= 0.6 is 0 Å². The third-order valence-corrected chi connectivity index (χ3v) is 2.33. The number of carbonyl (C=O) groups is 1. The molecule has 10 heavy (non-hydrogen) atoms. The number of methoxy groups -OCH3 is 1. The maximum Gasteiger partial charge on any atom is 0.311 e. The fourth-order valence-electron chi connectivity index (χ4n) is 1.70. The highest BCUT2D eigenvalue weighted by Crippen LogP contribution is 2.49. The van der Waals surface area contributed by atoms with Gasteiger partial charge in [0.1, 0.15) is 0 Å². The van der Waals surface area contributed by atoms with Crippen molar-refractivity contribution in [3.63, 3.8) is 0 Å². The molecule has 0 aromatic heterocycles. The number of esters is 1. The standard InChI is InChI=1S/C7H10O3/c1-9-7(8)5-4-2-3-10-6(4)5/h4-6H,2-3H2,1H3. The summed E-state index contributed by atoms with van der Waals surface area (Å²) in [6.45, 7) is 0.822. The van der Waals surface area contributed by atoms with E-state index in [1.165, 1.54) is 7.11 Å². The molecule has 3 nitrogen and oxygen atoms in total. The van der Waals surface area contributed by atoms with Crippen LogP contribution in [0.25, 0.3) is 0 Å². The van der Waals surface area contributed by atoms with Gasteiger partial charge in [0.05, 0.1) is 19.1 Å². The van der Waals surface area contributed by atoms with Crippen molar-refractivity contribution in [3.05, 3.63) is 0 Å². The number of hydrogen-bond acceptors (Lipinski definition) is 3. The summed E-state index contributed by atoms with van der Waals surface area (Å²) in [7, 11) is 1.43. The molecule has 0 spiro atoms. The molecule has 3 heteroatoms. The lowest BCUT2D eigenvalue weighted by Crippen LogP contribution is -2.10. The average molecular weight is 142 g/mol. The van der Waals surface area contributed by atoms with E-state index < -0.39 is 0 Å². The van der Waals surface area contributed by atoms with E-state index >= 15 is 0 Å². The first-order chi connectivity index (χ1) is 4.84. The van der Waals surface area contributed by atoms with Gasteiger partial charge >= 0.3 is 5.97 Å². The molecule has 3 unspecified atom stereocenters. The van der Waals surface area contributed by atoms with Crippen LogP contribution in [-0.2, 0) is 14.3 Å². The molecule has 0 aromatic carbocycles. The lowest BCUT2D eigenvalue weighted by atomic mass is 10.2. The Kier molecular flexibility index (Phi) is 1.20. The summed E-state index contributed by atoms with van der Waals surface area (Å²) in [5, 5.41) is 0. The molecule has 0 radical (unpaired) electrons. The fourth-order valence-corrected chi connectivity index (χ4v) is 1.70. The van der Waals surface area contributed by atoms with Crippen LogP contribution < -0.4 is 0 Å². The van der Waals surface area contributed by atoms with E-state index in [4.69, 9.17) is 4.74 Å². The molecular weight excluding hydrogens is 132 g/mol. The number of rotatable bonds is 1. The molecule has 2 fully saturated rings. The Balaban J connectivity index is 1.94. The summed E-state index contributed by atoms with van der Waals surface area (Å²) in [6.07, 6.45) is 1.23. The van der Waals surface area contributed by atoms with Crippen LogP contribution in [0.3, 0.4) is 0 Å². The predicted octanol–water partition coefficient (Wildman–Crippen LogP) is 0.194. The van der Waals surface area contributed by atoms with E-state index in [1.807, 2.05) is 0 Å². The van der Waals surface area contributed by atoms with Gasteiger partial charge in [0.2, 0.25) is 0 Å². The number of carbonyl (C=O) groups excluding carboxylic acids is 1. The zero-order valence-corrected chi connectivity index (χ0v) is 5.87. The Bertz CT molecular complexity index is 156. The largest absolute Gasteiger partial charge is 0.469 e. The van der Waals surface area contributed by atoms with Gasteiger partial charge in [-0.2, -0.15) is 0 Å². The van der Waals surface area contributed by atoms with Gasteiger partial charge in [-0.25, -0.2) is 0 Å². The van der Waals surface area contributed by atoms with E-state index in [9.17, 15) is 4.79 Å². The van der Waals surface area contributed by atoms with Crippen LogP contribution in [0.2, 0.25) is 0 Å². The van der Waals surface area contributed by atoms with Crippen LogP contribution in [-0.4, -0.2) is 25.8 Å². The summed E-state index contributed by atoms with van der Waals surface area (Å²) in [5.74, 6) is 0.445. The lowest BCUT2D eigenvalue weighted by molar-refractivity contribution is -0.143. The van der Waals surface area contributed by atoms with Crippen molar-refractivity contribution < 1.29 is 14.3 Å². The summed E-state index contributed by atoms with van der Waals surface area (Å²) < 4.78 is 9.85.